The number of aromatic nitrogens is 2. The van der Waals surface area contributed by atoms with Gasteiger partial charge in [-0.2, -0.15) is 5.10 Å². The van der Waals surface area contributed by atoms with Crippen LogP contribution in [0.5, 0.6) is 5.75 Å². The van der Waals surface area contributed by atoms with Crippen molar-refractivity contribution >= 4 is 11.8 Å². The van der Waals surface area contributed by atoms with E-state index in [1.807, 2.05) is 44.2 Å². The minimum Gasteiger partial charge on any atom is -0.496 e. The summed E-state index contributed by atoms with van der Waals surface area (Å²) >= 11 is 0. The van der Waals surface area contributed by atoms with E-state index in [4.69, 9.17) is 4.74 Å². The van der Waals surface area contributed by atoms with E-state index in [0.717, 1.165) is 22.7 Å². The predicted octanol–water partition coefficient (Wildman–Crippen LogP) is 1.29. The van der Waals surface area contributed by atoms with Gasteiger partial charge >= 0.3 is 0 Å². The third-order valence-corrected chi connectivity index (χ3v) is 3.55. The molecule has 0 aliphatic carbocycles. The van der Waals surface area contributed by atoms with E-state index in [9.17, 15) is 9.59 Å². The zero-order valence-electron chi connectivity index (χ0n) is 14.1. The Labute approximate surface area is 141 Å². The fourth-order valence-corrected chi connectivity index (χ4v) is 2.37. The van der Waals surface area contributed by atoms with Crippen LogP contribution in [0.4, 0.5) is 0 Å². The Morgan fingerprint density at radius 3 is 2.54 bits per heavy atom. The van der Waals surface area contributed by atoms with Crippen molar-refractivity contribution in [2.24, 2.45) is 0 Å². The van der Waals surface area contributed by atoms with E-state index in [-0.39, 0.29) is 24.8 Å². The summed E-state index contributed by atoms with van der Waals surface area (Å²) in [4.78, 5) is 23.7. The van der Waals surface area contributed by atoms with E-state index in [1.165, 1.54) is 0 Å². The zero-order valence-corrected chi connectivity index (χ0v) is 14.1. The molecule has 0 aliphatic rings. The number of nitrogens with one attached hydrogen (secondary N) is 2. The minimum absolute atomic E-state index is 0.0620. The Morgan fingerprint density at radius 2 is 1.88 bits per heavy atom. The highest BCUT2D eigenvalue weighted by molar-refractivity contribution is 5.82. The molecule has 7 nitrogen and oxygen atoms in total. The average molecular weight is 330 g/mol. The molecule has 24 heavy (non-hydrogen) atoms. The van der Waals surface area contributed by atoms with Crippen LogP contribution in [-0.4, -0.2) is 28.7 Å². The average Bonchev–Trinajstić information content (AvgIpc) is 2.88. The Morgan fingerprint density at radius 1 is 1.17 bits per heavy atom. The SMILES string of the molecule is COc1ccccc1CCC(=O)NNC(=O)Cn1nc(C)cc1C. The third-order valence-electron chi connectivity index (χ3n) is 3.55. The van der Waals surface area contributed by atoms with Crippen LogP contribution in [0.2, 0.25) is 0 Å². The van der Waals surface area contributed by atoms with Gasteiger partial charge in [-0.1, -0.05) is 18.2 Å². The number of nitrogens with zero attached hydrogens (tertiary/aromatic N) is 2. The molecule has 128 valence electrons. The summed E-state index contributed by atoms with van der Waals surface area (Å²) in [7, 11) is 1.60. The molecule has 2 amide bonds. The van der Waals surface area contributed by atoms with Crippen LogP contribution in [0.3, 0.4) is 0 Å². The van der Waals surface area contributed by atoms with Crippen molar-refractivity contribution in [1.82, 2.24) is 20.6 Å². The number of amides is 2. The van der Waals surface area contributed by atoms with Crippen molar-refractivity contribution in [3.63, 3.8) is 0 Å². The van der Waals surface area contributed by atoms with Crippen LogP contribution in [0.15, 0.2) is 30.3 Å². The first-order chi connectivity index (χ1) is 11.5. The highest BCUT2D eigenvalue weighted by Gasteiger charge is 2.09. The smallest absolute Gasteiger partial charge is 0.260 e. The van der Waals surface area contributed by atoms with Gasteiger partial charge in [-0.25, -0.2) is 0 Å². The molecule has 0 saturated carbocycles. The Bertz CT molecular complexity index is 724. The lowest BCUT2D eigenvalue weighted by Crippen LogP contribution is -2.43. The van der Waals surface area contributed by atoms with E-state index in [2.05, 4.69) is 16.0 Å². The van der Waals surface area contributed by atoms with Crippen molar-refractivity contribution < 1.29 is 14.3 Å². The lowest BCUT2D eigenvalue weighted by atomic mass is 10.1. The molecule has 1 heterocycles. The van der Waals surface area contributed by atoms with Gasteiger partial charge in [0.15, 0.2) is 0 Å². The number of carbonyl (C=O) groups is 2. The monoisotopic (exact) mass is 330 g/mol. The highest BCUT2D eigenvalue weighted by atomic mass is 16.5. The Balaban J connectivity index is 1.76. The van der Waals surface area contributed by atoms with Crippen LogP contribution in [0.1, 0.15) is 23.4 Å². The number of carbonyl (C=O) groups excluding carboxylic acids is 2. The molecule has 0 aliphatic heterocycles. The van der Waals surface area contributed by atoms with E-state index in [1.54, 1.807) is 11.8 Å². The summed E-state index contributed by atoms with van der Waals surface area (Å²) in [6.45, 7) is 3.80. The predicted molar refractivity (Wildman–Crippen MR) is 89.3 cm³/mol. The highest BCUT2D eigenvalue weighted by Crippen LogP contribution is 2.18. The minimum atomic E-state index is -0.327. The molecular formula is C17H22N4O3. The Hall–Kier alpha value is -2.83. The number of hydrogen-bond donors (Lipinski definition) is 2. The molecule has 0 unspecified atom stereocenters. The first-order valence-electron chi connectivity index (χ1n) is 7.70. The fraction of sp³-hybridized carbons (Fsp3) is 0.353. The normalized spacial score (nSPS) is 10.3. The molecule has 0 spiro atoms. The quantitative estimate of drug-likeness (QED) is 0.782. The van der Waals surface area contributed by atoms with Crippen LogP contribution in [0, 0.1) is 13.8 Å². The lowest BCUT2D eigenvalue weighted by Gasteiger charge is -2.10. The first-order valence-corrected chi connectivity index (χ1v) is 7.70. The van der Waals surface area contributed by atoms with E-state index in [0.29, 0.717) is 6.42 Å². The van der Waals surface area contributed by atoms with Gasteiger partial charge in [0.2, 0.25) is 5.91 Å². The van der Waals surface area contributed by atoms with Crippen molar-refractivity contribution in [3.8, 4) is 5.75 Å². The first kappa shape index (κ1) is 17.5. The van der Waals surface area contributed by atoms with Crippen LogP contribution >= 0.6 is 0 Å². The van der Waals surface area contributed by atoms with Crippen LogP contribution in [0.25, 0.3) is 0 Å². The largest absolute Gasteiger partial charge is 0.496 e. The summed E-state index contributed by atoms with van der Waals surface area (Å²) in [5.74, 6) is 0.160. The number of ether oxygens (including phenoxy) is 1. The van der Waals surface area contributed by atoms with Gasteiger partial charge in [-0.3, -0.25) is 25.1 Å². The molecule has 0 atom stereocenters. The molecule has 0 bridgehead atoms. The number of rotatable bonds is 6. The summed E-state index contributed by atoms with van der Waals surface area (Å²) in [6, 6.07) is 9.42. The number of hydrazine groups is 1. The Kier molecular flexibility index (Phi) is 5.95. The van der Waals surface area contributed by atoms with Gasteiger partial charge in [0.25, 0.3) is 5.91 Å². The number of aryl methyl sites for hydroxylation is 3. The fourth-order valence-electron chi connectivity index (χ4n) is 2.37. The molecule has 2 aromatic rings. The summed E-state index contributed by atoms with van der Waals surface area (Å²) < 4.78 is 6.83. The summed E-state index contributed by atoms with van der Waals surface area (Å²) in [5.41, 5.74) is 7.51. The maximum atomic E-state index is 11.9. The van der Waals surface area contributed by atoms with E-state index >= 15 is 0 Å². The second-order valence-corrected chi connectivity index (χ2v) is 5.49. The van der Waals surface area contributed by atoms with E-state index < -0.39 is 0 Å². The second-order valence-electron chi connectivity index (χ2n) is 5.49. The van der Waals surface area contributed by atoms with Crippen LogP contribution < -0.4 is 15.6 Å². The van der Waals surface area contributed by atoms with Gasteiger partial charge in [0.1, 0.15) is 12.3 Å². The molecule has 0 fully saturated rings. The molecule has 2 N–H and O–H groups in total. The maximum absolute atomic E-state index is 11.9. The third kappa shape index (κ3) is 4.84. The molecule has 7 heteroatoms. The molecule has 1 aromatic heterocycles. The lowest BCUT2D eigenvalue weighted by molar-refractivity contribution is -0.129. The van der Waals surface area contributed by atoms with Crippen molar-refractivity contribution in [2.45, 2.75) is 33.2 Å². The van der Waals surface area contributed by atoms with Gasteiger partial charge in [0, 0.05) is 12.1 Å². The number of methoxy groups -OCH3 is 1. The molecule has 1 aromatic carbocycles. The van der Waals surface area contributed by atoms with Crippen molar-refractivity contribution in [2.75, 3.05) is 7.11 Å². The summed E-state index contributed by atoms with van der Waals surface area (Å²) in [5, 5.41) is 4.20. The van der Waals surface area contributed by atoms with Gasteiger partial charge in [-0.15, -0.1) is 0 Å². The topological polar surface area (TPSA) is 85.3 Å². The van der Waals surface area contributed by atoms with Crippen molar-refractivity contribution in [1.29, 1.82) is 0 Å². The molecule has 0 saturated heterocycles. The standard InChI is InChI=1S/C17H22N4O3/c1-12-10-13(2)21(20-12)11-17(23)19-18-16(22)9-8-14-6-4-5-7-15(14)24-3/h4-7,10H,8-9,11H2,1-3H3,(H,18,22)(H,19,23). The van der Waals surface area contributed by atoms with Crippen LogP contribution in [-0.2, 0) is 22.6 Å². The van der Waals surface area contributed by atoms with Gasteiger partial charge < -0.3 is 4.74 Å². The molecular weight excluding hydrogens is 308 g/mol. The maximum Gasteiger partial charge on any atom is 0.260 e. The number of benzene rings is 1. The van der Waals surface area contributed by atoms with Crippen molar-refractivity contribution in [3.05, 3.63) is 47.3 Å². The zero-order chi connectivity index (χ0) is 17.5. The summed E-state index contributed by atoms with van der Waals surface area (Å²) in [6.07, 6.45) is 0.781. The van der Waals surface area contributed by atoms with Gasteiger partial charge in [-0.05, 0) is 38.0 Å². The number of para-hydroxylation sites is 1. The molecule has 0 radical (unpaired) electrons. The number of hydrogen-bond acceptors (Lipinski definition) is 4. The molecule has 2 rings (SSSR count). The second kappa shape index (κ2) is 8.14. The van der Waals surface area contributed by atoms with Gasteiger partial charge in [0.05, 0.1) is 12.8 Å².